The summed E-state index contributed by atoms with van der Waals surface area (Å²) in [5.74, 6) is -0.682. The zero-order valence-corrected chi connectivity index (χ0v) is 11.8. The molecule has 0 saturated carbocycles. The van der Waals surface area contributed by atoms with E-state index in [0.29, 0.717) is 24.4 Å². The molecular weight excluding hydrogens is 367 g/mol. The van der Waals surface area contributed by atoms with Crippen LogP contribution in [0.1, 0.15) is 16.7 Å². The molecular formula is C14H7F9N2. The lowest BCUT2D eigenvalue weighted by molar-refractivity contribution is -0.142. The van der Waals surface area contributed by atoms with Gasteiger partial charge in [-0.25, -0.2) is 4.98 Å². The number of halogens is 9. The van der Waals surface area contributed by atoms with E-state index in [1.54, 1.807) is 0 Å². The third-order valence-corrected chi connectivity index (χ3v) is 3.19. The number of nitrogen functional groups attached to an aromatic ring is 1. The molecule has 0 spiro atoms. The van der Waals surface area contributed by atoms with Crippen molar-refractivity contribution in [2.75, 3.05) is 5.73 Å². The summed E-state index contributed by atoms with van der Waals surface area (Å²) in [6.45, 7) is 0. The largest absolute Gasteiger partial charge is 0.417 e. The minimum atomic E-state index is -5.25. The highest BCUT2D eigenvalue weighted by Gasteiger charge is 2.39. The molecule has 0 aliphatic rings. The van der Waals surface area contributed by atoms with Gasteiger partial charge in [-0.2, -0.15) is 39.5 Å². The van der Waals surface area contributed by atoms with Gasteiger partial charge >= 0.3 is 18.5 Å². The normalized spacial score (nSPS) is 13.2. The predicted octanol–water partition coefficient (Wildman–Crippen LogP) is 5.39. The van der Waals surface area contributed by atoms with E-state index in [4.69, 9.17) is 5.73 Å². The van der Waals surface area contributed by atoms with E-state index in [1.165, 1.54) is 0 Å². The van der Waals surface area contributed by atoms with Crippen LogP contribution in [0.4, 0.5) is 45.3 Å². The molecule has 25 heavy (non-hydrogen) atoms. The lowest BCUT2D eigenvalue weighted by Gasteiger charge is -2.17. The maximum Gasteiger partial charge on any atom is 0.417 e. The highest BCUT2D eigenvalue weighted by atomic mass is 19.4. The van der Waals surface area contributed by atoms with Crippen molar-refractivity contribution < 1.29 is 39.5 Å². The number of anilines is 1. The fourth-order valence-corrected chi connectivity index (χ4v) is 2.04. The average molecular weight is 374 g/mol. The van der Waals surface area contributed by atoms with Gasteiger partial charge in [0, 0.05) is 11.8 Å². The second-order valence-electron chi connectivity index (χ2n) is 4.91. The summed E-state index contributed by atoms with van der Waals surface area (Å²) in [5.41, 5.74) is -1.12. The molecule has 136 valence electrons. The Bertz CT molecular complexity index is 788. The van der Waals surface area contributed by atoms with Gasteiger partial charge in [-0.05, 0) is 23.8 Å². The van der Waals surface area contributed by atoms with Crippen molar-refractivity contribution in [1.29, 1.82) is 0 Å². The predicted molar refractivity (Wildman–Crippen MR) is 69.1 cm³/mol. The molecule has 0 fully saturated rings. The van der Waals surface area contributed by atoms with E-state index in [2.05, 4.69) is 4.98 Å². The summed E-state index contributed by atoms with van der Waals surface area (Å²) in [6, 6.07) is 0.860. The fourth-order valence-electron chi connectivity index (χ4n) is 2.04. The molecule has 0 bridgehead atoms. The van der Waals surface area contributed by atoms with Crippen LogP contribution >= 0.6 is 0 Å². The van der Waals surface area contributed by atoms with Crippen LogP contribution in [0.15, 0.2) is 30.5 Å². The number of hydrogen-bond acceptors (Lipinski definition) is 2. The summed E-state index contributed by atoms with van der Waals surface area (Å²) >= 11 is 0. The summed E-state index contributed by atoms with van der Waals surface area (Å²) in [7, 11) is 0. The van der Waals surface area contributed by atoms with Gasteiger partial charge in [0.25, 0.3) is 0 Å². The van der Waals surface area contributed by atoms with Crippen molar-refractivity contribution in [2.24, 2.45) is 0 Å². The minimum absolute atomic E-state index is 0.185. The molecule has 0 aliphatic heterocycles. The third-order valence-electron chi connectivity index (χ3n) is 3.19. The molecule has 1 heterocycles. The van der Waals surface area contributed by atoms with Crippen molar-refractivity contribution in [1.82, 2.24) is 4.98 Å². The van der Waals surface area contributed by atoms with Gasteiger partial charge in [0.1, 0.15) is 5.82 Å². The van der Waals surface area contributed by atoms with Gasteiger partial charge in [0.05, 0.1) is 16.7 Å². The highest BCUT2D eigenvalue weighted by Crippen LogP contribution is 2.43. The van der Waals surface area contributed by atoms with Crippen LogP contribution in [0.25, 0.3) is 11.1 Å². The number of rotatable bonds is 1. The second-order valence-corrected chi connectivity index (χ2v) is 4.91. The van der Waals surface area contributed by atoms with Crippen LogP contribution in [-0.2, 0) is 18.5 Å². The Balaban J connectivity index is 2.75. The number of alkyl halides is 9. The second kappa shape index (κ2) is 5.81. The lowest BCUT2D eigenvalue weighted by Crippen LogP contribution is -2.13. The fraction of sp³-hybridized carbons (Fsp3) is 0.214. The van der Waals surface area contributed by atoms with E-state index >= 15 is 0 Å². The van der Waals surface area contributed by atoms with Crippen molar-refractivity contribution in [3.63, 3.8) is 0 Å². The monoisotopic (exact) mass is 374 g/mol. The van der Waals surface area contributed by atoms with Gasteiger partial charge in [-0.1, -0.05) is 6.07 Å². The molecule has 2 nitrogen and oxygen atoms in total. The van der Waals surface area contributed by atoms with E-state index < -0.39 is 52.2 Å². The van der Waals surface area contributed by atoms with Gasteiger partial charge in [-0.15, -0.1) is 0 Å². The van der Waals surface area contributed by atoms with Crippen molar-refractivity contribution in [3.05, 3.63) is 47.2 Å². The smallest absolute Gasteiger partial charge is 0.383 e. The Hall–Kier alpha value is -2.46. The third kappa shape index (κ3) is 3.97. The lowest BCUT2D eigenvalue weighted by atomic mass is 9.96. The van der Waals surface area contributed by atoms with Crippen LogP contribution in [0.3, 0.4) is 0 Å². The first-order valence-corrected chi connectivity index (χ1v) is 6.33. The first-order chi connectivity index (χ1) is 11.2. The molecule has 0 unspecified atom stereocenters. The Labute approximate surface area is 134 Å². The maximum absolute atomic E-state index is 13.1. The topological polar surface area (TPSA) is 38.9 Å². The van der Waals surface area contributed by atoms with E-state index in [1.807, 2.05) is 0 Å². The van der Waals surface area contributed by atoms with Crippen molar-refractivity contribution in [3.8, 4) is 11.1 Å². The number of aromatic nitrogens is 1. The number of nitrogens with two attached hydrogens (primary N) is 1. The van der Waals surface area contributed by atoms with Crippen LogP contribution in [0.2, 0.25) is 0 Å². The molecule has 0 amide bonds. The van der Waals surface area contributed by atoms with Gasteiger partial charge in [0.2, 0.25) is 0 Å². The summed E-state index contributed by atoms with van der Waals surface area (Å²) < 4.78 is 115. The van der Waals surface area contributed by atoms with E-state index in [0.717, 1.165) is 0 Å². The molecule has 1 aromatic heterocycles. The molecule has 1 aromatic carbocycles. The molecule has 2 N–H and O–H groups in total. The summed E-state index contributed by atoms with van der Waals surface area (Å²) in [5, 5.41) is 0. The van der Waals surface area contributed by atoms with E-state index in [-0.39, 0.29) is 6.07 Å². The number of pyridine rings is 1. The number of benzene rings is 1. The van der Waals surface area contributed by atoms with Crippen LogP contribution in [0.5, 0.6) is 0 Å². The number of hydrogen-bond donors (Lipinski definition) is 1. The van der Waals surface area contributed by atoms with Crippen LogP contribution < -0.4 is 5.73 Å². The van der Waals surface area contributed by atoms with E-state index in [9.17, 15) is 39.5 Å². The Morgan fingerprint density at radius 3 is 1.72 bits per heavy atom. The van der Waals surface area contributed by atoms with Gasteiger partial charge < -0.3 is 5.73 Å². The van der Waals surface area contributed by atoms with Gasteiger partial charge in [-0.3, -0.25) is 0 Å². The van der Waals surface area contributed by atoms with Crippen LogP contribution in [0, 0.1) is 0 Å². The minimum Gasteiger partial charge on any atom is -0.383 e. The SMILES string of the molecule is Nc1ncc(C(F)(F)F)cc1-c1ccc(C(F)(F)F)cc1C(F)(F)F. The average Bonchev–Trinajstić information content (AvgIpc) is 2.44. The molecule has 0 radical (unpaired) electrons. The zero-order valence-electron chi connectivity index (χ0n) is 11.8. The molecule has 11 heteroatoms. The molecule has 2 aromatic rings. The first kappa shape index (κ1) is 18.9. The standard InChI is InChI=1S/C14H7F9N2/c15-12(16,17)6-1-2-8(10(4-6)14(21,22)23)9-3-7(13(18,19)20)5-25-11(9)24/h1-5H,(H2,24,25). The van der Waals surface area contributed by atoms with Gasteiger partial charge in [0.15, 0.2) is 0 Å². The Kier molecular flexibility index (Phi) is 4.39. The molecule has 2 rings (SSSR count). The Morgan fingerprint density at radius 2 is 1.24 bits per heavy atom. The zero-order chi connectivity index (χ0) is 19.2. The molecule has 0 aliphatic carbocycles. The summed E-state index contributed by atoms with van der Waals surface area (Å²) in [6.07, 6.45) is -14.9. The molecule has 0 atom stereocenters. The Morgan fingerprint density at radius 1 is 0.680 bits per heavy atom. The first-order valence-electron chi connectivity index (χ1n) is 6.33. The van der Waals surface area contributed by atoms with Crippen molar-refractivity contribution >= 4 is 5.82 Å². The van der Waals surface area contributed by atoms with Crippen molar-refractivity contribution in [2.45, 2.75) is 18.5 Å². The summed E-state index contributed by atoms with van der Waals surface area (Å²) in [4.78, 5) is 3.18. The number of nitrogens with zero attached hydrogens (tertiary/aromatic N) is 1. The molecule has 0 saturated heterocycles. The highest BCUT2D eigenvalue weighted by molar-refractivity contribution is 5.77. The quantitative estimate of drug-likeness (QED) is 0.680. The maximum atomic E-state index is 13.1. The van der Waals surface area contributed by atoms with Crippen LogP contribution in [-0.4, -0.2) is 4.98 Å².